The lowest BCUT2D eigenvalue weighted by molar-refractivity contribution is 0.0725. The van der Waals surface area contributed by atoms with Gasteiger partial charge in [-0.05, 0) is 24.1 Å². The summed E-state index contributed by atoms with van der Waals surface area (Å²) in [5, 5.41) is 0. The molecule has 0 saturated carbocycles. The summed E-state index contributed by atoms with van der Waals surface area (Å²) >= 11 is 0. The second-order valence-corrected chi connectivity index (χ2v) is 6.27. The lowest BCUT2D eigenvalue weighted by Gasteiger charge is -2.26. The van der Waals surface area contributed by atoms with Gasteiger partial charge in [-0.1, -0.05) is 12.1 Å². The average Bonchev–Trinajstić information content (AvgIpc) is 2.48. The van der Waals surface area contributed by atoms with Gasteiger partial charge in [0.05, 0.1) is 20.3 Å². The number of morpholine rings is 1. The van der Waals surface area contributed by atoms with E-state index in [-0.39, 0.29) is 0 Å². The lowest BCUT2D eigenvalue weighted by Crippen LogP contribution is -2.47. The van der Waals surface area contributed by atoms with Crippen LogP contribution in [0.3, 0.4) is 0 Å². The van der Waals surface area contributed by atoms with Gasteiger partial charge in [-0.15, -0.1) is 0 Å². The molecule has 1 fully saturated rings. The van der Waals surface area contributed by atoms with Crippen molar-refractivity contribution in [3.05, 3.63) is 29.8 Å². The van der Waals surface area contributed by atoms with Gasteiger partial charge < -0.3 is 9.47 Å². The third-order valence-corrected chi connectivity index (χ3v) is 4.76. The van der Waals surface area contributed by atoms with Gasteiger partial charge in [0.15, 0.2) is 0 Å². The summed E-state index contributed by atoms with van der Waals surface area (Å²) in [6, 6.07) is 7.61. The molecule has 1 heterocycles. The number of benzene rings is 1. The Bertz CT molecular complexity index is 527. The van der Waals surface area contributed by atoms with E-state index < -0.39 is 10.2 Å². The van der Waals surface area contributed by atoms with Crippen molar-refractivity contribution in [1.82, 2.24) is 9.03 Å². The van der Waals surface area contributed by atoms with Crippen molar-refractivity contribution < 1.29 is 17.9 Å². The number of hydrogen-bond donors (Lipinski definition) is 1. The predicted octanol–water partition coefficient (Wildman–Crippen LogP) is 0.404. The van der Waals surface area contributed by atoms with Gasteiger partial charge in [-0.3, -0.25) is 0 Å². The van der Waals surface area contributed by atoms with Crippen LogP contribution in [0, 0.1) is 0 Å². The maximum absolute atomic E-state index is 12.0. The minimum atomic E-state index is -3.40. The van der Waals surface area contributed by atoms with Crippen molar-refractivity contribution in [3.63, 3.8) is 0 Å². The first-order chi connectivity index (χ1) is 9.62. The summed E-state index contributed by atoms with van der Waals surface area (Å²) in [6.45, 7) is 2.10. The summed E-state index contributed by atoms with van der Waals surface area (Å²) in [6.07, 6.45) is 0.626. The van der Waals surface area contributed by atoms with E-state index in [2.05, 4.69) is 4.72 Å². The van der Waals surface area contributed by atoms with Crippen molar-refractivity contribution in [3.8, 4) is 5.75 Å². The fourth-order valence-electron chi connectivity index (χ4n) is 2.03. The van der Waals surface area contributed by atoms with Crippen molar-refractivity contribution in [2.75, 3.05) is 40.0 Å². The van der Waals surface area contributed by atoms with Crippen molar-refractivity contribution >= 4 is 10.2 Å². The summed E-state index contributed by atoms with van der Waals surface area (Å²) in [5.41, 5.74) is 1.04. The van der Waals surface area contributed by atoms with Gasteiger partial charge in [-0.25, -0.2) is 4.72 Å². The van der Waals surface area contributed by atoms with E-state index in [1.165, 1.54) is 4.31 Å². The number of ether oxygens (including phenoxy) is 2. The zero-order chi connectivity index (χ0) is 14.4. The largest absolute Gasteiger partial charge is 0.497 e. The van der Waals surface area contributed by atoms with Crippen LogP contribution in [0.4, 0.5) is 0 Å². The van der Waals surface area contributed by atoms with Gasteiger partial charge >= 0.3 is 0 Å². The highest BCUT2D eigenvalue weighted by Crippen LogP contribution is 2.12. The highest BCUT2D eigenvalue weighted by Gasteiger charge is 2.23. The molecular weight excluding hydrogens is 280 g/mol. The van der Waals surface area contributed by atoms with Crippen molar-refractivity contribution in [2.24, 2.45) is 0 Å². The Labute approximate surface area is 119 Å². The normalized spacial score (nSPS) is 17.1. The highest BCUT2D eigenvalue weighted by atomic mass is 32.2. The van der Waals surface area contributed by atoms with E-state index in [1.54, 1.807) is 7.11 Å². The van der Waals surface area contributed by atoms with Gasteiger partial charge in [0.25, 0.3) is 10.2 Å². The van der Waals surface area contributed by atoms with Crippen LogP contribution in [0.1, 0.15) is 5.56 Å². The number of nitrogens with zero attached hydrogens (tertiary/aromatic N) is 1. The van der Waals surface area contributed by atoms with E-state index >= 15 is 0 Å². The molecule has 0 radical (unpaired) electrons. The summed E-state index contributed by atoms with van der Waals surface area (Å²) in [4.78, 5) is 0. The van der Waals surface area contributed by atoms with Gasteiger partial charge in [0.1, 0.15) is 5.75 Å². The first-order valence-electron chi connectivity index (χ1n) is 6.57. The fraction of sp³-hybridized carbons (Fsp3) is 0.538. The Hall–Kier alpha value is -1.15. The lowest BCUT2D eigenvalue weighted by atomic mass is 10.1. The first kappa shape index (κ1) is 15.2. The Balaban J connectivity index is 1.85. The molecule has 1 N–H and O–H groups in total. The molecule has 0 unspecified atom stereocenters. The van der Waals surface area contributed by atoms with Gasteiger partial charge in [-0.2, -0.15) is 12.7 Å². The summed E-state index contributed by atoms with van der Waals surface area (Å²) < 4.78 is 38.4. The minimum absolute atomic E-state index is 0.368. The number of nitrogens with one attached hydrogen (secondary N) is 1. The Morgan fingerprint density at radius 2 is 2.10 bits per heavy atom. The van der Waals surface area contributed by atoms with Crippen LogP contribution in [0.25, 0.3) is 0 Å². The average molecular weight is 300 g/mol. The topological polar surface area (TPSA) is 67.9 Å². The Kier molecular flexibility index (Phi) is 5.36. The van der Waals surface area contributed by atoms with Gasteiger partial charge in [0.2, 0.25) is 0 Å². The van der Waals surface area contributed by atoms with E-state index in [1.807, 2.05) is 24.3 Å². The molecular formula is C13H20N2O4S. The maximum Gasteiger partial charge on any atom is 0.279 e. The van der Waals surface area contributed by atoms with Crippen LogP contribution in [-0.4, -0.2) is 52.7 Å². The quantitative estimate of drug-likeness (QED) is 0.826. The molecule has 6 nitrogen and oxygen atoms in total. The molecule has 1 aromatic carbocycles. The number of rotatable bonds is 6. The number of hydrogen-bond acceptors (Lipinski definition) is 4. The maximum atomic E-state index is 12.0. The molecule has 0 aliphatic carbocycles. The van der Waals surface area contributed by atoms with Crippen LogP contribution >= 0.6 is 0 Å². The van der Waals surface area contributed by atoms with E-state index in [0.717, 1.165) is 11.3 Å². The van der Waals surface area contributed by atoms with Crippen LogP contribution < -0.4 is 9.46 Å². The third kappa shape index (κ3) is 4.17. The van der Waals surface area contributed by atoms with Crippen LogP contribution in [0.5, 0.6) is 5.75 Å². The predicted molar refractivity (Wildman–Crippen MR) is 76.0 cm³/mol. The summed E-state index contributed by atoms with van der Waals surface area (Å²) in [5.74, 6) is 0.776. The van der Waals surface area contributed by atoms with Gasteiger partial charge in [0, 0.05) is 19.6 Å². The highest BCUT2D eigenvalue weighted by molar-refractivity contribution is 7.87. The summed E-state index contributed by atoms with van der Waals surface area (Å²) in [7, 11) is -1.79. The van der Waals surface area contributed by atoms with E-state index in [0.29, 0.717) is 39.3 Å². The molecule has 0 bridgehead atoms. The Morgan fingerprint density at radius 3 is 2.80 bits per heavy atom. The van der Waals surface area contributed by atoms with Crippen LogP contribution in [0.2, 0.25) is 0 Å². The van der Waals surface area contributed by atoms with Crippen molar-refractivity contribution in [2.45, 2.75) is 6.42 Å². The molecule has 20 heavy (non-hydrogen) atoms. The molecule has 1 aliphatic rings. The molecule has 112 valence electrons. The molecule has 0 spiro atoms. The smallest absolute Gasteiger partial charge is 0.279 e. The molecule has 1 aromatic rings. The monoisotopic (exact) mass is 300 g/mol. The molecule has 1 aliphatic heterocycles. The van der Waals surface area contributed by atoms with E-state index in [4.69, 9.17) is 9.47 Å². The number of methoxy groups -OCH3 is 1. The molecule has 7 heteroatoms. The van der Waals surface area contributed by atoms with Crippen molar-refractivity contribution in [1.29, 1.82) is 0 Å². The standard InChI is InChI=1S/C13H20N2O4S/c1-18-13-4-2-3-12(11-13)5-6-14-20(16,17)15-7-9-19-10-8-15/h2-4,11,14H,5-10H2,1H3. The molecule has 0 amide bonds. The molecule has 0 atom stereocenters. The zero-order valence-electron chi connectivity index (χ0n) is 11.5. The van der Waals surface area contributed by atoms with Crippen LogP contribution in [-0.2, 0) is 21.4 Å². The molecule has 2 rings (SSSR count). The molecule has 1 saturated heterocycles. The first-order valence-corrected chi connectivity index (χ1v) is 8.01. The van der Waals surface area contributed by atoms with E-state index in [9.17, 15) is 8.42 Å². The zero-order valence-corrected chi connectivity index (χ0v) is 12.4. The Morgan fingerprint density at radius 1 is 1.35 bits per heavy atom. The second kappa shape index (κ2) is 7.03. The third-order valence-electron chi connectivity index (χ3n) is 3.14. The minimum Gasteiger partial charge on any atom is -0.497 e. The van der Waals surface area contributed by atoms with Crippen LogP contribution in [0.15, 0.2) is 24.3 Å². The fourth-order valence-corrected chi connectivity index (χ4v) is 3.20. The SMILES string of the molecule is COc1cccc(CCNS(=O)(=O)N2CCOCC2)c1. The second-order valence-electron chi connectivity index (χ2n) is 4.51. The molecule has 0 aromatic heterocycles.